The molecule has 0 atom stereocenters. The molecular formula is C15H22ClNO5. The van der Waals surface area contributed by atoms with Gasteiger partial charge >= 0.3 is 11.9 Å². The van der Waals surface area contributed by atoms with Crippen molar-refractivity contribution in [1.82, 2.24) is 0 Å². The predicted molar refractivity (Wildman–Crippen MR) is 84.3 cm³/mol. The van der Waals surface area contributed by atoms with Crippen LogP contribution >= 0.6 is 12.4 Å². The van der Waals surface area contributed by atoms with Gasteiger partial charge in [-0.15, -0.1) is 12.4 Å². The first-order valence-corrected chi connectivity index (χ1v) is 6.84. The third kappa shape index (κ3) is 6.32. The fraction of sp³-hybridized carbons (Fsp3) is 0.467. The summed E-state index contributed by atoms with van der Waals surface area (Å²) in [6, 6.07) is 5.24. The van der Waals surface area contributed by atoms with Gasteiger partial charge in [-0.25, -0.2) is 0 Å². The van der Waals surface area contributed by atoms with Gasteiger partial charge in [0.1, 0.15) is 0 Å². The molecule has 0 unspecified atom stereocenters. The Balaban J connectivity index is 0.00000441. The molecule has 0 aromatic heterocycles. The summed E-state index contributed by atoms with van der Waals surface area (Å²) >= 11 is 0. The van der Waals surface area contributed by atoms with Gasteiger partial charge in [-0.1, -0.05) is 12.1 Å². The first-order chi connectivity index (χ1) is 10.1. The van der Waals surface area contributed by atoms with Crippen LogP contribution < -0.4 is 15.2 Å². The Labute approximate surface area is 136 Å². The molecule has 22 heavy (non-hydrogen) atoms. The number of para-hydroxylation sites is 1. The fourth-order valence-electron chi connectivity index (χ4n) is 1.77. The lowest BCUT2D eigenvalue weighted by atomic mass is 10.2. The molecule has 0 bridgehead atoms. The maximum Gasteiger partial charge on any atom is 0.311 e. The Morgan fingerprint density at radius 1 is 1.18 bits per heavy atom. The number of rotatable bonds is 8. The number of methoxy groups -OCH3 is 1. The highest BCUT2D eigenvalue weighted by Gasteiger charge is 2.14. The molecule has 0 aliphatic rings. The number of benzene rings is 1. The summed E-state index contributed by atoms with van der Waals surface area (Å²) in [5, 5.41) is 0. The molecule has 6 nitrogen and oxygen atoms in total. The Morgan fingerprint density at radius 2 is 1.86 bits per heavy atom. The second-order valence-corrected chi connectivity index (χ2v) is 4.29. The molecule has 1 aromatic carbocycles. The molecule has 2 N–H and O–H groups in total. The van der Waals surface area contributed by atoms with Crippen molar-refractivity contribution in [3.8, 4) is 11.5 Å². The summed E-state index contributed by atoms with van der Waals surface area (Å²) in [7, 11) is 1.49. The van der Waals surface area contributed by atoms with Crippen LogP contribution in [0.25, 0.3) is 0 Å². The van der Waals surface area contributed by atoms with E-state index in [-0.39, 0.29) is 37.8 Å². The van der Waals surface area contributed by atoms with Crippen molar-refractivity contribution in [2.75, 3.05) is 13.7 Å². The van der Waals surface area contributed by atoms with E-state index in [1.165, 1.54) is 7.11 Å². The Morgan fingerprint density at radius 3 is 2.45 bits per heavy atom. The lowest BCUT2D eigenvalue weighted by Gasteiger charge is -2.12. The lowest BCUT2D eigenvalue weighted by Crippen LogP contribution is -2.12. The summed E-state index contributed by atoms with van der Waals surface area (Å²) in [4.78, 5) is 23.0. The largest absolute Gasteiger partial charge is 0.493 e. The minimum absolute atomic E-state index is 0. The number of esters is 2. The molecular weight excluding hydrogens is 310 g/mol. The smallest absolute Gasteiger partial charge is 0.311 e. The predicted octanol–water partition coefficient (Wildman–Crippen LogP) is 2.21. The monoisotopic (exact) mass is 331 g/mol. The number of nitrogens with two attached hydrogens (primary N) is 1. The van der Waals surface area contributed by atoms with Crippen molar-refractivity contribution in [2.45, 2.75) is 32.7 Å². The number of ether oxygens (including phenoxy) is 3. The van der Waals surface area contributed by atoms with Gasteiger partial charge in [0, 0.05) is 24.9 Å². The Hall–Kier alpha value is -1.79. The van der Waals surface area contributed by atoms with Crippen molar-refractivity contribution >= 4 is 24.3 Å². The molecule has 0 aliphatic heterocycles. The zero-order chi connectivity index (χ0) is 15.7. The van der Waals surface area contributed by atoms with Crippen LogP contribution in [0, 0.1) is 0 Å². The Kier molecular flexibility index (Phi) is 9.98. The third-order valence-corrected chi connectivity index (χ3v) is 2.78. The Bertz CT molecular complexity index is 471. The van der Waals surface area contributed by atoms with Gasteiger partial charge < -0.3 is 19.9 Å². The molecule has 0 fully saturated rings. The van der Waals surface area contributed by atoms with E-state index in [1.807, 2.05) is 0 Å². The molecule has 1 rings (SSSR count). The summed E-state index contributed by atoms with van der Waals surface area (Å²) < 4.78 is 15.2. The second-order valence-electron chi connectivity index (χ2n) is 4.29. The first kappa shape index (κ1) is 20.2. The topological polar surface area (TPSA) is 87.9 Å². The zero-order valence-corrected chi connectivity index (χ0v) is 13.6. The SMILES string of the molecule is CCOC(=O)CCCC(=O)Oc1c(CN)cccc1OC.Cl. The average molecular weight is 332 g/mol. The number of hydrogen-bond acceptors (Lipinski definition) is 6. The molecule has 0 radical (unpaired) electrons. The van der Waals surface area contributed by atoms with Crippen LogP contribution in [0.4, 0.5) is 0 Å². The first-order valence-electron chi connectivity index (χ1n) is 6.84. The van der Waals surface area contributed by atoms with Crippen molar-refractivity contribution in [1.29, 1.82) is 0 Å². The van der Waals surface area contributed by atoms with Crippen LogP contribution in [-0.2, 0) is 20.9 Å². The van der Waals surface area contributed by atoms with E-state index >= 15 is 0 Å². The molecule has 1 aromatic rings. The number of hydrogen-bond donors (Lipinski definition) is 1. The van der Waals surface area contributed by atoms with E-state index in [0.717, 1.165) is 0 Å². The van der Waals surface area contributed by atoms with E-state index in [1.54, 1.807) is 25.1 Å². The van der Waals surface area contributed by atoms with Crippen molar-refractivity contribution < 1.29 is 23.8 Å². The van der Waals surface area contributed by atoms with Gasteiger partial charge in [0.15, 0.2) is 11.5 Å². The normalized spacial score (nSPS) is 9.59. The maximum absolute atomic E-state index is 11.8. The summed E-state index contributed by atoms with van der Waals surface area (Å²) in [5.41, 5.74) is 6.30. The zero-order valence-electron chi connectivity index (χ0n) is 12.8. The van der Waals surface area contributed by atoms with E-state index in [2.05, 4.69) is 0 Å². The second kappa shape index (κ2) is 10.9. The van der Waals surface area contributed by atoms with Crippen LogP contribution in [-0.4, -0.2) is 25.7 Å². The third-order valence-electron chi connectivity index (χ3n) is 2.78. The summed E-state index contributed by atoms with van der Waals surface area (Å²) in [5.74, 6) is 0.0454. The highest BCUT2D eigenvalue weighted by atomic mass is 35.5. The summed E-state index contributed by atoms with van der Waals surface area (Å²) in [6.07, 6.45) is 0.699. The van der Waals surface area contributed by atoms with Crippen molar-refractivity contribution in [3.63, 3.8) is 0 Å². The molecule has 124 valence electrons. The van der Waals surface area contributed by atoms with E-state index in [4.69, 9.17) is 19.9 Å². The highest BCUT2D eigenvalue weighted by molar-refractivity contribution is 5.85. The minimum atomic E-state index is -0.432. The lowest BCUT2D eigenvalue weighted by molar-refractivity contribution is -0.143. The van der Waals surface area contributed by atoms with Gasteiger partial charge in [0.05, 0.1) is 13.7 Å². The maximum atomic E-state index is 11.8. The summed E-state index contributed by atoms with van der Waals surface area (Å²) in [6.45, 7) is 2.31. The van der Waals surface area contributed by atoms with Gasteiger partial charge in [0.25, 0.3) is 0 Å². The number of halogens is 1. The van der Waals surface area contributed by atoms with Crippen molar-refractivity contribution in [3.05, 3.63) is 23.8 Å². The molecule has 0 aliphatic carbocycles. The highest BCUT2D eigenvalue weighted by Crippen LogP contribution is 2.31. The van der Waals surface area contributed by atoms with E-state index in [0.29, 0.717) is 30.1 Å². The standard InChI is InChI=1S/C15H21NO5.ClH/c1-3-20-13(17)8-5-9-14(18)21-15-11(10-16)6-4-7-12(15)19-2;/h4,6-7H,3,5,8-10,16H2,1-2H3;1H. The van der Waals surface area contributed by atoms with Gasteiger partial charge in [-0.3, -0.25) is 9.59 Å². The molecule has 0 saturated carbocycles. The van der Waals surface area contributed by atoms with Gasteiger partial charge in [-0.05, 0) is 19.4 Å². The molecule has 0 amide bonds. The van der Waals surface area contributed by atoms with Crippen LogP contribution in [0.3, 0.4) is 0 Å². The molecule has 0 spiro atoms. The quantitative estimate of drug-likeness (QED) is 0.580. The molecule has 0 saturated heterocycles. The minimum Gasteiger partial charge on any atom is -0.493 e. The van der Waals surface area contributed by atoms with Gasteiger partial charge in [0.2, 0.25) is 0 Å². The van der Waals surface area contributed by atoms with Crippen LogP contribution in [0.5, 0.6) is 11.5 Å². The van der Waals surface area contributed by atoms with E-state index < -0.39 is 5.97 Å². The number of carbonyl (C=O) groups excluding carboxylic acids is 2. The average Bonchev–Trinajstić information content (AvgIpc) is 2.47. The van der Waals surface area contributed by atoms with Gasteiger partial charge in [-0.2, -0.15) is 0 Å². The van der Waals surface area contributed by atoms with Crippen LogP contribution in [0.1, 0.15) is 31.7 Å². The molecule has 7 heteroatoms. The van der Waals surface area contributed by atoms with Crippen LogP contribution in [0.2, 0.25) is 0 Å². The fourth-order valence-corrected chi connectivity index (χ4v) is 1.77. The van der Waals surface area contributed by atoms with Crippen molar-refractivity contribution in [2.24, 2.45) is 5.73 Å². The molecule has 0 heterocycles. The van der Waals surface area contributed by atoms with E-state index in [9.17, 15) is 9.59 Å². The van der Waals surface area contributed by atoms with Crippen LogP contribution in [0.15, 0.2) is 18.2 Å². The number of carbonyl (C=O) groups is 2.